The number of rotatable bonds is 4. The number of hydrogen-bond donors (Lipinski definition) is 1. The van der Waals surface area contributed by atoms with Gasteiger partial charge in [0.2, 0.25) is 0 Å². The number of benzene rings is 1. The molecule has 0 radical (unpaired) electrons. The first-order valence-corrected chi connectivity index (χ1v) is 7.44. The fourth-order valence-electron chi connectivity index (χ4n) is 3.02. The van der Waals surface area contributed by atoms with Crippen molar-refractivity contribution in [1.29, 1.82) is 0 Å². The molecule has 1 amide bonds. The Hall–Kier alpha value is -1.71. The number of hydrogen-bond acceptors (Lipinski definition) is 3. The van der Waals surface area contributed by atoms with E-state index in [-0.39, 0.29) is 11.9 Å². The van der Waals surface area contributed by atoms with E-state index in [1.54, 1.807) is 6.07 Å². The van der Waals surface area contributed by atoms with Gasteiger partial charge >= 0.3 is 0 Å². The predicted octanol–water partition coefficient (Wildman–Crippen LogP) is 3.07. The summed E-state index contributed by atoms with van der Waals surface area (Å²) >= 11 is 0. The van der Waals surface area contributed by atoms with Crippen molar-refractivity contribution in [2.75, 3.05) is 12.3 Å². The summed E-state index contributed by atoms with van der Waals surface area (Å²) < 4.78 is 5.58. The van der Waals surface area contributed by atoms with E-state index in [0.29, 0.717) is 29.6 Å². The summed E-state index contributed by atoms with van der Waals surface area (Å²) in [6, 6.07) is 5.97. The molecular formula is C16H24N2O2. The fraction of sp³-hybridized carbons (Fsp3) is 0.562. The van der Waals surface area contributed by atoms with Crippen LogP contribution in [0.5, 0.6) is 5.75 Å². The number of likely N-dealkylation sites (tertiary alicyclic amines) is 1. The fourth-order valence-corrected chi connectivity index (χ4v) is 3.02. The number of carbonyl (C=O) groups excluding carboxylic acids is 1. The summed E-state index contributed by atoms with van der Waals surface area (Å²) in [7, 11) is 0. The van der Waals surface area contributed by atoms with Gasteiger partial charge in [0.1, 0.15) is 11.3 Å². The Balaban J connectivity index is 2.37. The molecule has 20 heavy (non-hydrogen) atoms. The highest BCUT2D eigenvalue weighted by atomic mass is 16.5. The van der Waals surface area contributed by atoms with Crippen molar-refractivity contribution in [1.82, 2.24) is 4.90 Å². The van der Waals surface area contributed by atoms with Crippen LogP contribution in [0.1, 0.15) is 50.4 Å². The highest BCUT2D eigenvalue weighted by molar-refractivity contribution is 6.02. The van der Waals surface area contributed by atoms with E-state index < -0.39 is 0 Å². The Labute approximate surface area is 120 Å². The Morgan fingerprint density at radius 3 is 2.80 bits per heavy atom. The van der Waals surface area contributed by atoms with Crippen molar-refractivity contribution in [3.8, 4) is 5.75 Å². The van der Waals surface area contributed by atoms with Crippen LogP contribution in [0.15, 0.2) is 18.2 Å². The van der Waals surface area contributed by atoms with Crippen molar-refractivity contribution in [2.45, 2.75) is 52.1 Å². The van der Waals surface area contributed by atoms with Crippen LogP contribution in [0.2, 0.25) is 0 Å². The van der Waals surface area contributed by atoms with E-state index in [4.69, 9.17) is 10.5 Å². The molecule has 2 atom stereocenters. The standard InChI is InChI=1S/C16H24N2O2/c1-4-12-10-9-11(3)18(12)16(19)15-13(17)7-6-8-14(15)20-5-2/h6-8,11-12H,4-5,9-10,17H2,1-3H3. The van der Waals surface area contributed by atoms with Gasteiger partial charge in [0.25, 0.3) is 5.91 Å². The van der Waals surface area contributed by atoms with Crippen LogP contribution < -0.4 is 10.5 Å². The van der Waals surface area contributed by atoms with Gasteiger partial charge in [-0.2, -0.15) is 0 Å². The van der Waals surface area contributed by atoms with Gasteiger partial charge < -0.3 is 15.4 Å². The lowest BCUT2D eigenvalue weighted by atomic mass is 10.1. The van der Waals surface area contributed by atoms with Crippen molar-refractivity contribution >= 4 is 11.6 Å². The monoisotopic (exact) mass is 276 g/mol. The molecule has 1 aromatic rings. The molecule has 1 heterocycles. The van der Waals surface area contributed by atoms with E-state index in [1.807, 2.05) is 24.0 Å². The number of amides is 1. The highest BCUT2D eigenvalue weighted by Gasteiger charge is 2.35. The second-order valence-corrected chi connectivity index (χ2v) is 5.35. The number of nitrogen functional groups attached to an aromatic ring is 1. The molecule has 1 fully saturated rings. The number of ether oxygens (including phenoxy) is 1. The van der Waals surface area contributed by atoms with Crippen LogP contribution in [0.3, 0.4) is 0 Å². The second-order valence-electron chi connectivity index (χ2n) is 5.35. The molecule has 0 spiro atoms. The largest absolute Gasteiger partial charge is 0.493 e. The van der Waals surface area contributed by atoms with Gasteiger partial charge in [-0.1, -0.05) is 13.0 Å². The number of anilines is 1. The molecule has 2 N–H and O–H groups in total. The van der Waals surface area contributed by atoms with E-state index in [0.717, 1.165) is 19.3 Å². The Morgan fingerprint density at radius 2 is 2.15 bits per heavy atom. The molecule has 110 valence electrons. The average molecular weight is 276 g/mol. The Bertz CT molecular complexity index is 487. The Morgan fingerprint density at radius 1 is 1.40 bits per heavy atom. The molecule has 0 aromatic heterocycles. The lowest BCUT2D eigenvalue weighted by molar-refractivity contribution is 0.0673. The molecule has 0 bridgehead atoms. The lowest BCUT2D eigenvalue weighted by Crippen LogP contribution is -2.40. The molecule has 1 aliphatic heterocycles. The maximum Gasteiger partial charge on any atom is 0.260 e. The molecule has 4 nitrogen and oxygen atoms in total. The third-order valence-electron chi connectivity index (χ3n) is 4.06. The van der Waals surface area contributed by atoms with Crippen LogP contribution in [0.4, 0.5) is 5.69 Å². The molecule has 1 aromatic carbocycles. The topological polar surface area (TPSA) is 55.6 Å². The summed E-state index contributed by atoms with van der Waals surface area (Å²) in [4.78, 5) is 14.9. The SMILES string of the molecule is CCOc1cccc(N)c1C(=O)N1C(C)CCC1CC. The number of nitrogens with two attached hydrogens (primary N) is 1. The minimum absolute atomic E-state index is 0.00315. The summed E-state index contributed by atoms with van der Waals surface area (Å²) in [6.07, 6.45) is 3.11. The van der Waals surface area contributed by atoms with Crippen LogP contribution in [0.25, 0.3) is 0 Å². The third-order valence-corrected chi connectivity index (χ3v) is 4.06. The van der Waals surface area contributed by atoms with E-state index in [1.165, 1.54) is 0 Å². The van der Waals surface area contributed by atoms with Gasteiger partial charge in [0, 0.05) is 17.8 Å². The minimum Gasteiger partial charge on any atom is -0.493 e. The first-order valence-electron chi connectivity index (χ1n) is 7.44. The summed E-state index contributed by atoms with van der Waals surface area (Å²) in [5.74, 6) is 0.592. The van der Waals surface area contributed by atoms with Crippen molar-refractivity contribution < 1.29 is 9.53 Å². The van der Waals surface area contributed by atoms with Crippen molar-refractivity contribution in [2.24, 2.45) is 0 Å². The van der Waals surface area contributed by atoms with Gasteiger partial charge in [0.05, 0.1) is 6.61 Å². The van der Waals surface area contributed by atoms with Crippen LogP contribution in [0, 0.1) is 0 Å². The lowest BCUT2D eigenvalue weighted by Gasteiger charge is -2.29. The quantitative estimate of drug-likeness (QED) is 0.860. The molecular weight excluding hydrogens is 252 g/mol. The van der Waals surface area contributed by atoms with E-state index in [9.17, 15) is 4.79 Å². The van der Waals surface area contributed by atoms with Crippen molar-refractivity contribution in [3.05, 3.63) is 23.8 Å². The minimum atomic E-state index is 0.00315. The number of carbonyl (C=O) groups is 1. The maximum absolute atomic E-state index is 12.9. The first kappa shape index (κ1) is 14.7. The molecule has 1 saturated heterocycles. The molecule has 4 heteroatoms. The Kier molecular flexibility index (Phi) is 4.53. The van der Waals surface area contributed by atoms with E-state index >= 15 is 0 Å². The maximum atomic E-state index is 12.9. The average Bonchev–Trinajstić information content (AvgIpc) is 2.80. The highest BCUT2D eigenvalue weighted by Crippen LogP contribution is 2.32. The van der Waals surface area contributed by atoms with Gasteiger partial charge in [-0.05, 0) is 45.2 Å². The second kappa shape index (κ2) is 6.16. The normalized spacial score (nSPS) is 22.1. The zero-order chi connectivity index (χ0) is 14.7. The third kappa shape index (κ3) is 2.60. The molecule has 0 aliphatic carbocycles. The van der Waals surface area contributed by atoms with Gasteiger partial charge in [0.15, 0.2) is 0 Å². The summed E-state index contributed by atoms with van der Waals surface area (Å²) in [5, 5.41) is 0. The van der Waals surface area contributed by atoms with Gasteiger partial charge in [-0.15, -0.1) is 0 Å². The van der Waals surface area contributed by atoms with Crippen LogP contribution in [-0.4, -0.2) is 29.5 Å². The number of nitrogens with zero attached hydrogens (tertiary/aromatic N) is 1. The molecule has 2 rings (SSSR count). The van der Waals surface area contributed by atoms with Crippen molar-refractivity contribution in [3.63, 3.8) is 0 Å². The zero-order valence-corrected chi connectivity index (χ0v) is 12.6. The van der Waals surface area contributed by atoms with Gasteiger partial charge in [-0.25, -0.2) is 0 Å². The van der Waals surface area contributed by atoms with Crippen LogP contribution in [-0.2, 0) is 0 Å². The smallest absolute Gasteiger partial charge is 0.260 e. The zero-order valence-electron chi connectivity index (χ0n) is 12.6. The molecule has 1 aliphatic rings. The molecule has 2 unspecified atom stereocenters. The van der Waals surface area contributed by atoms with E-state index in [2.05, 4.69) is 13.8 Å². The summed E-state index contributed by atoms with van der Waals surface area (Å²) in [6.45, 7) is 6.66. The van der Waals surface area contributed by atoms with Crippen LogP contribution >= 0.6 is 0 Å². The molecule has 0 saturated carbocycles. The predicted molar refractivity (Wildman–Crippen MR) is 81.0 cm³/mol. The summed E-state index contributed by atoms with van der Waals surface area (Å²) in [5.41, 5.74) is 7.04. The van der Waals surface area contributed by atoms with Gasteiger partial charge in [-0.3, -0.25) is 4.79 Å². The first-order chi connectivity index (χ1) is 9.60.